The van der Waals surface area contributed by atoms with Gasteiger partial charge >= 0.3 is 0 Å². The molecule has 0 saturated carbocycles. The van der Waals surface area contributed by atoms with Crippen LogP contribution in [0.5, 0.6) is 5.75 Å². The van der Waals surface area contributed by atoms with Crippen LogP contribution in [0.4, 0.5) is 17.6 Å². The summed E-state index contributed by atoms with van der Waals surface area (Å²) in [5, 5.41) is 0. The molecule has 1 aliphatic carbocycles. The van der Waals surface area contributed by atoms with Gasteiger partial charge in [0.1, 0.15) is 0 Å². The van der Waals surface area contributed by atoms with Crippen molar-refractivity contribution in [1.82, 2.24) is 0 Å². The molecule has 0 aliphatic heterocycles. The molecule has 0 aromatic heterocycles. The zero-order valence-corrected chi connectivity index (χ0v) is 18.7. The van der Waals surface area contributed by atoms with Crippen LogP contribution in [0.2, 0.25) is 0 Å². The van der Waals surface area contributed by atoms with E-state index in [9.17, 15) is 17.6 Å². The molecule has 2 aromatic rings. The molecule has 0 heterocycles. The van der Waals surface area contributed by atoms with Crippen LogP contribution in [0.3, 0.4) is 0 Å². The lowest BCUT2D eigenvalue weighted by Crippen LogP contribution is -2.06. The minimum atomic E-state index is -0.940. The van der Waals surface area contributed by atoms with E-state index in [4.69, 9.17) is 4.74 Å². The van der Waals surface area contributed by atoms with Crippen molar-refractivity contribution < 1.29 is 22.3 Å². The van der Waals surface area contributed by atoms with E-state index in [1.165, 1.54) is 6.07 Å². The second-order valence-corrected chi connectivity index (χ2v) is 8.16. The summed E-state index contributed by atoms with van der Waals surface area (Å²) in [6, 6.07) is 6.40. The summed E-state index contributed by atoms with van der Waals surface area (Å²) in [6.07, 6.45) is 10.6. The van der Waals surface area contributed by atoms with Gasteiger partial charge in [0, 0.05) is 5.56 Å². The molecule has 0 fully saturated rings. The molecule has 1 unspecified atom stereocenters. The molecule has 1 aliphatic rings. The molecular weight excluding hydrogens is 416 g/mol. The fourth-order valence-corrected chi connectivity index (χ4v) is 4.13. The van der Waals surface area contributed by atoms with Crippen molar-refractivity contribution in [2.45, 2.75) is 58.8 Å². The van der Waals surface area contributed by atoms with Crippen molar-refractivity contribution in [3.05, 3.63) is 82.5 Å². The van der Waals surface area contributed by atoms with Gasteiger partial charge in [-0.25, -0.2) is 13.2 Å². The molecule has 0 N–H and O–H groups in total. The Labute approximate surface area is 187 Å². The highest BCUT2D eigenvalue weighted by atomic mass is 19.2. The highest BCUT2D eigenvalue weighted by molar-refractivity contribution is 5.67. The van der Waals surface area contributed by atoms with Crippen LogP contribution in [0.25, 0.3) is 5.57 Å². The molecule has 32 heavy (non-hydrogen) atoms. The van der Waals surface area contributed by atoms with Gasteiger partial charge in [-0.15, -0.1) is 0 Å². The van der Waals surface area contributed by atoms with E-state index in [-0.39, 0.29) is 12.4 Å². The first-order valence-corrected chi connectivity index (χ1v) is 11.4. The van der Waals surface area contributed by atoms with Gasteiger partial charge in [0.2, 0.25) is 5.82 Å². The summed E-state index contributed by atoms with van der Waals surface area (Å²) in [5.41, 5.74) is 1.96. The van der Waals surface area contributed by atoms with Crippen LogP contribution >= 0.6 is 0 Å². The Morgan fingerprint density at radius 1 is 0.906 bits per heavy atom. The summed E-state index contributed by atoms with van der Waals surface area (Å²) in [6.45, 7) is 3.94. The number of hydrogen-bond acceptors (Lipinski definition) is 1. The molecule has 0 bridgehead atoms. The molecule has 0 radical (unpaired) electrons. The number of halogens is 4. The fourth-order valence-electron chi connectivity index (χ4n) is 4.13. The SMILES string of the molecule is CCCc1ccc(C2=CCC(/C=C/CCc3ccc(OCC)c(F)c3F)CC2)c(F)c1F. The van der Waals surface area contributed by atoms with E-state index in [2.05, 4.69) is 6.08 Å². The second kappa shape index (κ2) is 11.3. The van der Waals surface area contributed by atoms with Gasteiger partial charge in [0.15, 0.2) is 23.2 Å². The van der Waals surface area contributed by atoms with Crippen LogP contribution in [0.15, 0.2) is 42.5 Å². The van der Waals surface area contributed by atoms with Crippen molar-refractivity contribution in [2.75, 3.05) is 6.61 Å². The van der Waals surface area contributed by atoms with Gasteiger partial charge in [-0.1, -0.05) is 49.8 Å². The van der Waals surface area contributed by atoms with Crippen LogP contribution in [0.1, 0.15) is 62.6 Å². The van der Waals surface area contributed by atoms with E-state index in [1.54, 1.807) is 25.1 Å². The molecule has 0 spiro atoms. The number of allylic oxidation sites excluding steroid dienone is 4. The smallest absolute Gasteiger partial charge is 0.200 e. The Morgan fingerprint density at radius 2 is 1.62 bits per heavy atom. The topological polar surface area (TPSA) is 9.23 Å². The Hall–Kier alpha value is -2.56. The van der Waals surface area contributed by atoms with Gasteiger partial charge in [-0.2, -0.15) is 4.39 Å². The summed E-state index contributed by atoms with van der Waals surface area (Å²) in [5.74, 6) is -3.04. The molecule has 1 atom stereocenters. The Bertz CT molecular complexity index is 994. The molecular formula is C27H30F4O. The average Bonchev–Trinajstić information content (AvgIpc) is 2.80. The maximum absolute atomic E-state index is 14.5. The van der Waals surface area contributed by atoms with Crippen molar-refractivity contribution in [1.29, 1.82) is 0 Å². The third-order valence-electron chi connectivity index (χ3n) is 5.89. The van der Waals surface area contributed by atoms with Crippen molar-refractivity contribution in [2.24, 2.45) is 5.92 Å². The first-order valence-electron chi connectivity index (χ1n) is 11.4. The lowest BCUT2D eigenvalue weighted by atomic mass is 9.85. The lowest BCUT2D eigenvalue weighted by molar-refractivity contribution is 0.313. The third-order valence-corrected chi connectivity index (χ3v) is 5.89. The van der Waals surface area contributed by atoms with Crippen molar-refractivity contribution in [3.63, 3.8) is 0 Å². The van der Waals surface area contributed by atoms with Crippen molar-refractivity contribution in [3.8, 4) is 5.75 Å². The average molecular weight is 447 g/mol. The summed E-state index contributed by atoms with van der Waals surface area (Å²) in [4.78, 5) is 0. The van der Waals surface area contributed by atoms with Gasteiger partial charge < -0.3 is 4.74 Å². The zero-order chi connectivity index (χ0) is 23.1. The molecule has 1 nitrogen and oxygen atoms in total. The minimum absolute atomic E-state index is 0.0644. The first kappa shape index (κ1) is 24.1. The van der Waals surface area contributed by atoms with Gasteiger partial charge in [0.05, 0.1) is 6.61 Å². The highest BCUT2D eigenvalue weighted by Crippen LogP contribution is 2.33. The van der Waals surface area contributed by atoms with Gasteiger partial charge in [-0.05, 0) is 74.1 Å². The normalized spacial score (nSPS) is 16.4. The fraction of sp³-hybridized carbons (Fsp3) is 0.407. The molecule has 2 aromatic carbocycles. The number of aryl methyl sites for hydroxylation is 2. The van der Waals surface area contributed by atoms with E-state index < -0.39 is 23.3 Å². The van der Waals surface area contributed by atoms with Gasteiger partial charge in [-0.3, -0.25) is 0 Å². The maximum atomic E-state index is 14.5. The quantitative estimate of drug-likeness (QED) is 0.280. The van der Waals surface area contributed by atoms with E-state index in [1.807, 2.05) is 19.1 Å². The summed E-state index contributed by atoms with van der Waals surface area (Å²) in [7, 11) is 0. The number of benzene rings is 2. The molecule has 0 saturated heterocycles. The third kappa shape index (κ3) is 5.62. The second-order valence-electron chi connectivity index (χ2n) is 8.16. The standard InChI is InChI=1S/C27H30F4O/c1-3-7-20-14-16-22(26(30)24(20)28)19-12-10-18(11-13-19)8-5-6-9-21-15-17-23(32-4-2)27(31)25(21)29/h5,8,12,14-18H,3-4,6-7,9-11,13H2,1-2H3/b8-5+. The highest BCUT2D eigenvalue weighted by Gasteiger charge is 2.19. The van der Waals surface area contributed by atoms with E-state index >= 15 is 0 Å². The molecule has 172 valence electrons. The maximum Gasteiger partial charge on any atom is 0.200 e. The molecule has 3 rings (SSSR count). The largest absolute Gasteiger partial charge is 0.491 e. The molecule has 5 heteroatoms. The predicted molar refractivity (Wildman–Crippen MR) is 121 cm³/mol. The number of hydrogen-bond donors (Lipinski definition) is 0. The lowest BCUT2D eigenvalue weighted by Gasteiger charge is -2.20. The van der Waals surface area contributed by atoms with Crippen LogP contribution < -0.4 is 4.74 Å². The van der Waals surface area contributed by atoms with Crippen molar-refractivity contribution >= 4 is 5.57 Å². The van der Waals surface area contributed by atoms with E-state index in [0.717, 1.165) is 24.8 Å². The molecule has 0 amide bonds. The number of ether oxygens (including phenoxy) is 1. The summed E-state index contributed by atoms with van der Waals surface area (Å²) >= 11 is 0. The van der Waals surface area contributed by atoms with Crippen LogP contribution in [0, 0.1) is 29.2 Å². The zero-order valence-electron chi connectivity index (χ0n) is 18.7. The van der Waals surface area contributed by atoms with Crippen LogP contribution in [-0.4, -0.2) is 6.61 Å². The van der Waals surface area contributed by atoms with Crippen LogP contribution in [-0.2, 0) is 12.8 Å². The number of rotatable bonds is 9. The monoisotopic (exact) mass is 446 g/mol. The first-order chi connectivity index (χ1) is 15.5. The summed E-state index contributed by atoms with van der Waals surface area (Å²) < 4.78 is 62.0. The predicted octanol–water partition coefficient (Wildman–Crippen LogP) is 7.97. The van der Waals surface area contributed by atoms with E-state index in [0.29, 0.717) is 48.3 Å². The van der Waals surface area contributed by atoms with Gasteiger partial charge in [0.25, 0.3) is 0 Å². The Balaban J connectivity index is 1.56. The minimum Gasteiger partial charge on any atom is -0.491 e. The Kier molecular flexibility index (Phi) is 8.54. The Morgan fingerprint density at radius 3 is 2.31 bits per heavy atom.